The maximum Gasteiger partial charge on any atom is 0.220 e. The number of nitrogens with two attached hydrogens (primary N) is 1. The third kappa shape index (κ3) is 4.60. The van der Waals surface area contributed by atoms with Crippen molar-refractivity contribution < 1.29 is 24.9 Å². The molecule has 0 spiro atoms. The summed E-state index contributed by atoms with van der Waals surface area (Å²) in [4.78, 5) is 11.1. The molecule has 0 aromatic carbocycles. The highest BCUT2D eigenvalue weighted by atomic mass is 32.2. The van der Waals surface area contributed by atoms with Crippen LogP contribution >= 0.6 is 11.8 Å². The maximum atomic E-state index is 11.1. The lowest BCUT2D eigenvalue weighted by Gasteiger charge is -2.42. The van der Waals surface area contributed by atoms with Crippen LogP contribution in [0.4, 0.5) is 0 Å². The number of hydrogen-bond donors (Lipinski definition) is 4. The maximum absolute atomic E-state index is 11.1. The molecule has 1 aliphatic heterocycles. The van der Waals surface area contributed by atoms with Crippen molar-refractivity contribution in [1.29, 1.82) is 0 Å². The Balaban J connectivity index is 2.78. The summed E-state index contributed by atoms with van der Waals surface area (Å²) in [6.45, 7) is 7.53. The molecule has 1 fully saturated rings. The Morgan fingerprint density at radius 3 is 2.25 bits per heavy atom. The van der Waals surface area contributed by atoms with E-state index in [9.17, 15) is 20.1 Å². The molecule has 0 saturated carbocycles. The van der Waals surface area contributed by atoms with Gasteiger partial charge in [0.25, 0.3) is 0 Å². The minimum atomic E-state index is -1.30. The molecular formula is C13H25NO5S. The molecule has 0 aromatic heterocycles. The molecule has 0 aromatic rings. The molecule has 20 heavy (non-hydrogen) atoms. The quantitative estimate of drug-likeness (QED) is 0.574. The van der Waals surface area contributed by atoms with Gasteiger partial charge < -0.3 is 25.8 Å². The van der Waals surface area contributed by atoms with Crippen LogP contribution in [0.25, 0.3) is 0 Å². The number of aliphatic hydroxyl groups is 3. The number of amides is 1. The number of hydrogen-bond acceptors (Lipinski definition) is 6. The fraction of sp³-hybridized carbons (Fsp3) is 0.923. The van der Waals surface area contributed by atoms with Gasteiger partial charge in [0.05, 0.1) is 6.10 Å². The minimum Gasteiger partial charge on any atom is -0.388 e. The van der Waals surface area contributed by atoms with Gasteiger partial charge in [-0.15, -0.1) is 11.8 Å². The zero-order valence-electron chi connectivity index (χ0n) is 12.3. The summed E-state index contributed by atoms with van der Waals surface area (Å²) in [5.41, 5.74) is 4.55. The van der Waals surface area contributed by atoms with Crippen LogP contribution in [0, 0.1) is 5.92 Å². The summed E-state index contributed by atoms with van der Waals surface area (Å²) < 4.78 is 5.50. The van der Waals surface area contributed by atoms with Crippen molar-refractivity contribution in [2.75, 3.05) is 0 Å². The highest BCUT2D eigenvalue weighted by molar-refractivity contribution is 8.01. The van der Waals surface area contributed by atoms with Crippen molar-refractivity contribution in [3.63, 3.8) is 0 Å². The van der Waals surface area contributed by atoms with Crippen LogP contribution in [0.2, 0.25) is 0 Å². The molecule has 6 atom stereocenters. The second-order valence-corrected chi connectivity index (χ2v) is 8.21. The van der Waals surface area contributed by atoms with Gasteiger partial charge in [0, 0.05) is 10.7 Å². The van der Waals surface area contributed by atoms with Gasteiger partial charge in [-0.05, 0) is 6.42 Å². The van der Waals surface area contributed by atoms with Crippen LogP contribution in [-0.2, 0) is 9.53 Å². The van der Waals surface area contributed by atoms with Gasteiger partial charge in [-0.3, -0.25) is 4.79 Å². The molecule has 7 heteroatoms. The van der Waals surface area contributed by atoms with E-state index in [-0.39, 0.29) is 11.2 Å². The summed E-state index contributed by atoms with van der Waals surface area (Å²) in [6, 6.07) is 0. The van der Waals surface area contributed by atoms with Crippen molar-refractivity contribution in [3.8, 4) is 0 Å². The van der Waals surface area contributed by atoms with Crippen molar-refractivity contribution in [2.45, 2.75) is 68.7 Å². The van der Waals surface area contributed by atoms with E-state index in [4.69, 9.17) is 10.5 Å². The van der Waals surface area contributed by atoms with Gasteiger partial charge in [-0.2, -0.15) is 0 Å². The third-order valence-corrected chi connectivity index (χ3v) is 4.54. The zero-order chi connectivity index (χ0) is 15.7. The summed E-state index contributed by atoms with van der Waals surface area (Å²) in [5.74, 6) is -0.959. The van der Waals surface area contributed by atoms with Crippen molar-refractivity contribution in [2.24, 2.45) is 11.7 Å². The van der Waals surface area contributed by atoms with Gasteiger partial charge >= 0.3 is 0 Å². The Kier molecular flexibility index (Phi) is 5.86. The monoisotopic (exact) mass is 307 g/mol. The van der Waals surface area contributed by atoms with E-state index in [1.807, 2.05) is 20.8 Å². The number of ether oxygens (including phenoxy) is 1. The molecule has 1 aliphatic rings. The van der Waals surface area contributed by atoms with Crippen molar-refractivity contribution in [1.82, 2.24) is 0 Å². The number of rotatable bonds is 4. The van der Waals surface area contributed by atoms with Gasteiger partial charge in [0.15, 0.2) is 0 Å². The molecule has 0 aliphatic carbocycles. The van der Waals surface area contributed by atoms with Crippen LogP contribution < -0.4 is 5.73 Å². The summed E-state index contributed by atoms with van der Waals surface area (Å²) in [7, 11) is 0. The zero-order valence-corrected chi connectivity index (χ0v) is 13.1. The molecule has 0 radical (unpaired) electrons. The van der Waals surface area contributed by atoms with E-state index in [2.05, 4.69) is 0 Å². The highest BCUT2D eigenvalue weighted by Crippen LogP contribution is 2.37. The smallest absolute Gasteiger partial charge is 0.220 e. The van der Waals surface area contributed by atoms with E-state index in [1.54, 1.807) is 6.92 Å². The fourth-order valence-corrected chi connectivity index (χ4v) is 3.22. The van der Waals surface area contributed by atoms with Crippen molar-refractivity contribution in [3.05, 3.63) is 0 Å². The Hall–Kier alpha value is -0.340. The Bertz CT molecular complexity index is 346. The summed E-state index contributed by atoms with van der Waals surface area (Å²) in [5, 5.41) is 29.9. The number of carbonyl (C=O) groups excluding carboxylic acids is 1. The minimum absolute atomic E-state index is 0.173. The highest BCUT2D eigenvalue weighted by Gasteiger charge is 2.45. The molecule has 6 nitrogen and oxygen atoms in total. The average molecular weight is 307 g/mol. The topological polar surface area (TPSA) is 113 Å². The molecule has 1 saturated heterocycles. The first-order valence-electron chi connectivity index (χ1n) is 6.69. The van der Waals surface area contributed by atoms with Gasteiger partial charge in [0.1, 0.15) is 23.7 Å². The van der Waals surface area contributed by atoms with E-state index >= 15 is 0 Å². The van der Waals surface area contributed by atoms with Crippen LogP contribution in [0.1, 0.15) is 34.1 Å². The first-order chi connectivity index (χ1) is 9.03. The van der Waals surface area contributed by atoms with Crippen LogP contribution in [0.15, 0.2) is 0 Å². The predicted molar refractivity (Wildman–Crippen MR) is 77.0 cm³/mol. The van der Waals surface area contributed by atoms with E-state index in [1.165, 1.54) is 11.8 Å². The van der Waals surface area contributed by atoms with Gasteiger partial charge in [-0.25, -0.2) is 0 Å². The molecular weight excluding hydrogens is 282 g/mol. The van der Waals surface area contributed by atoms with E-state index in [0.717, 1.165) is 0 Å². The van der Waals surface area contributed by atoms with Gasteiger partial charge in [-0.1, -0.05) is 27.7 Å². The Morgan fingerprint density at radius 1 is 1.25 bits per heavy atom. The first-order valence-corrected chi connectivity index (χ1v) is 7.57. The fourth-order valence-electron chi connectivity index (χ4n) is 2.02. The molecule has 1 rings (SSSR count). The second-order valence-electron chi connectivity index (χ2n) is 6.28. The largest absolute Gasteiger partial charge is 0.388 e. The molecule has 1 heterocycles. The van der Waals surface area contributed by atoms with E-state index < -0.39 is 41.7 Å². The SMILES string of the molecule is CC(CC1OC(SC(C)(C)C)C(O)C(O)C1O)C(N)=O. The molecule has 0 bridgehead atoms. The number of carbonyl (C=O) groups is 1. The predicted octanol–water partition coefficient (Wildman–Crippen LogP) is -0.163. The van der Waals surface area contributed by atoms with Crippen LogP contribution in [0.5, 0.6) is 0 Å². The van der Waals surface area contributed by atoms with Crippen molar-refractivity contribution >= 4 is 17.7 Å². The lowest BCUT2D eigenvalue weighted by atomic mass is 9.92. The van der Waals surface area contributed by atoms with E-state index in [0.29, 0.717) is 0 Å². The molecule has 6 unspecified atom stereocenters. The molecule has 5 N–H and O–H groups in total. The lowest BCUT2D eigenvalue weighted by Crippen LogP contribution is -2.57. The number of thioether (sulfide) groups is 1. The Labute approximate surface area is 123 Å². The van der Waals surface area contributed by atoms with Crippen LogP contribution in [-0.4, -0.2) is 55.8 Å². The molecule has 118 valence electrons. The average Bonchev–Trinajstić information content (AvgIpc) is 2.30. The third-order valence-electron chi connectivity index (χ3n) is 3.21. The molecule has 1 amide bonds. The number of primary amides is 1. The number of aliphatic hydroxyl groups excluding tert-OH is 3. The Morgan fingerprint density at radius 2 is 1.80 bits per heavy atom. The standard InChI is InChI=1S/C13H25NO5S/c1-6(11(14)18)5-7-8(15)9(16)10(17)12(19-7)20-13(2,3)4/h6-10,12,15-17H,5H2,1-4H3,(H2,14,18). The summed E-state index contributed by atoms with van der Waals surface area (Å²) >= 11 is 1.37. The second kappa shape index (κ2) is 6.62. The lowest BCUT2D eigenvalue weighted by molar-refractivity contribution is -0.201. The van der Waals surface area contributed by atoms with Crippen LogP contribution in [0.3, 0.4) is 0 Å². The summed E-state index contributed by atoms with van der Waals surface area (Å²) in [6.07, 6.45) is -4.22. The first kappa shape index (κ1) is 17.7. The normalized spacial score (nSPS) is 36.6. The van der Waals surface area contributed by atoms with Gasteiger partial charge in [0.2, 0.25) is 5.91 Å².